The van der Waals surface area contributed by atoms with Crippen molar-refractivity contribution in [2.24, 2.45) is 5.41 Å². The minimum Gasteiger partial charge on any atom is -0.316 e. The fourth-order valence-electron chi connectivity index (χ4n) is 1.37. The van der Waals surface area contributed by atoms with E-state index in [2.05, 4.69) is 19.2 Å². The van der Waals surface area contributed by atoms with Crippen LogP contribution in [0.2, 0.25) is 0 Å². The van der Waals surface area contributed by atoms with Crippen LogP contribution in [0.1, 0.15) is 33.1 Å². The second kappa shape index (κ2) is 2.70. The Morgan fingerprint density at radius 2 is 2.00 bits per heavy atom. The van der Waals surface area contributed by atoms with Gasteiger partial charge in [-0.2, -0.15) is 0 Å². The predicted molar refractivity (Wildman–Crippen MR) is 40.5 cm³/mol. The molecule has 1 nitrogen and oxygen atoms in total. The summed E-state index contributed by atoms with van der Waals surface area (Å²) in [6, 6.07) is 0. The van der Waals surface area contributed by atoms with Crippen molar-refractivity contribution in [2.75, 3.05) is 13.1 Å². The first-order valence-electron chi connectivity index (χ1n) is 3.91. The first kappa shape index (κ1) is 7.07. The zero-order valence-corrected chi connectivity index (χ0v) is 6.54. The van der Waals surface area contributed by atoms with E-state index in [0.29, 0.717) is 5.41 Å². The highest BCUT2D eigenvalue weighted by Crippen LogP contribution is 2.23. The molecule has 1 heteroatoms. The maximum absolute atomic E-state index is 3.44. The Bertz CT molecular complexity index is 76.6. The van der Waals surface area contributed by atoms with Gasteiger partial charge in [0.1, 0.15) is 0 Å². The quantitative estimate of drug-likeness (QED) is 0.523. The average Bonchev–Trinajstić information content (AvgIpc) is 1.92. The van der Waals surface area contributed by atoms with E-state index < -0.39 is 0 Å². The van der Waals surface area contributed by atoms with Gasteiger partial charge < -0.3 is 5.32 Å². The van der Waals surface area contributed by atoms with Gasteiger partial charge in [0.25, 0.3) is 0 Å². The molecule has 0 spiro atoms. The van der Waals surface area contributed by atoms with Crippen molar-refractivity contribution in [1.82, 2.24) is 5.32 Å². The van der Waals surface area contributed by atoms with Gasteiger partial charge in [0.2, 0.25) is 0 Å². The molecular formula is C8H17N. The lowest BCUT2D eigenvalue weighted by Gasteiger charge is -2.21. The molecule has 1 heterocycles. The van der Waals surface area contributed by atoms with Gasteiger partial charge in [-0.15, -0.1) is 0 Å². The topological polar surface area (TPSA) is 12.0 Å². The van der Waals surface area contributed by atoms with E-state index in [1.807, 2.05) is 0 Å². The fraction of sp³-hybridized carbons (Fsp3) is 1.00. The summed E-state index contributed by atoms with van der Waals surface area (Å²) in [6.07, 6.45) is 4.16. The lowest BCUT2D eigenvalue weighted by Crippen LogP contribution is -2.26. The SMILES string of the molecule is CC1(C)CCCCNC1. The minimum absolute atomic E-state index is 0.552. The van der Waals surface area contributed by atoms with Crippen LogP contribution in [-0.2, 0) is 0 Å². The second-order valence-corrected chi connectivity index (χ2v) is 3.80. The van der Waals surface area contributed by atoms with Gasteiger partial charge in [-0.05, 0) is 24.8 Å². The van der Waals surface area contributed by atoms with Gasteiger partial charge in [-0.3, -0.25) is 0 Å². The van der Waals surface area contributed by atoms with Crippen LogP contribution < -0.4 is 5.32 Å². The number of nitrogens with one attached hydrogen (secondary N) is 1. The smallest absolute Gasteiger partial charge is 0.000252 e. The average molecular weight is 127 g/mol. The van der Waals surface area contributed by atoms with Crippen molar-refractivity contribution in [3.8, 4) is 0 Å². The summed E-state index contributed by atoms with van der Waals surface area (Å²) in [5.41, 5.74) is 0.552. The van der Waals surface area contributed by atoms with E-state index in [1.165, 1.54) is 32.4 Å². The van der Waals surface area contributed by atoms with Gasteiger partial charge in [0, 0.05) is 6.54 Å². The lowest BCUT2D eigenvalue weighted by molar-refractivity contribution is 0.335. The zero-order chi connectivity index (χ0) is 6.74. The summed E-state index contributed by atoms with van der Waals surface area (Å²) in [4.78, 5) is 0. The molecule has 0 atom stereocenters. The monoisotopic (exact) mass is 127 g/mol. The maximum atomic E-state index is 3.44. The van der Waals surface area contributed by atoms with Crippen LogP contribution in [0.25, 0.3) is 0 Å². The standard InChI is InChI=1S/C8H17N/c1-8(2)5-3-4-6-9-7-8/h9H,3-7H2,1-2H3. The highest BCUT2D eigenvalue weighted by molar-refractivity contribution is 4.74. The summed E-state index contributed by atoms with van der Waals surface area (Å²) >= 11 is 0. The van der Waals surface area contributed by atoms with Crippen molar-refractivity contribution >= 4 is 0 Å². The lowest BCUT2D eigenvalue weighted by atomic mass is 9.88. The molecule has 1 N–H and O–H groups in total. The van der Waals surface area contributed by atoms with Gasteiger partial charge >= 0.3 is 0 Å². The molecule has 0 aromatic heterocycles. The summed E-state index contributed by atoms with van der Waals surface area (Å²) in [7, 11) is 0. The molecule has 1 aliphatic heterocycles. The Morgan fingerprint density at radius 1 is 1.22 bits per heavy atom. The van der Waals surface area contributed by atoms with Gasteiger partial charge in [0.05, 0.1) is 0 Å². The third-order valence-corrected chi connectivity index (χ3v) is 2.06. The molecule has 0 aromatic carbocycles. The molecule has 1 rings (SSSR count). The third-order valence-electron chi connectivity index (χ3n) is 2.06. The Kier molecular flexibility index (Phi) is 2.12. The minimum atomic E-state index is 0.552. The van der Waals surface area contributed by atoms with Crippen LogP contribution in [-0.4, -0.2) is 13.1 Å². The number of rotatable bonds is 0. The molecular weight excluding hydrogens is 110 g/mol. The highest BCUT2D eigenvalue weighted by atomic mass is 14.9. The van der Waals surface area contributed by atoms with Crippen LogP contribution in [0, 0.1) is 5.41 Å². The fourth-order valence-corrected chi connectivity index (χ4v) is 1.37. The van der Waals surface area contributed by atoms with Crippen LogP contribution in [0.5, 0.6) is 0 Å². The largest absolute Gasteiger partial charge is 0.316 e. The molecule has 9 heavy (non-hydrogen) atoms. The first-order valence-corrected chi connectivity index (χ1v) is 3.91. The number of hydrogen-bond acceptors (Lipinski definition) is 1. The van der Waals surface area contributed by atoms with Crippen LogP contribution in [0.4, 0.5) is 0 Å². The van der Waals surface area contributed by atoms with E-state index in [4.69, 9.17) is 0 Å². The van der Waals surface area contributed by atoms with E-state index >= 15 is 0 Å². The third kappa shape index (κ3) is 2.35. The molecule has 1 aliphatic rings. The molecule has 0 saturated carbocycles. The maximum Gasteiger partial charge on any atom is 0.000252 e. The van der Waals surface area contributed by atoms with Crippen LogP contribution >= 0.6 is 0 Å². The molecule has 0 aromatic rings. The predicted octanol–water partition coefficient (Wildman–Crippen LogP) is 1.79. The van der Waals surface area contributed by atoms with E-state index in [-0.39, 0.29) is 0 Å². The van der Waals surface area contributed by atoms with Crippen molar-refractivity contribution in [3.63, 3.8) is 0 Å². The molecule has 1 saturated heterocycles. The van der Waals surface area contributed by atoms with Gasteiger partial charge in [-0.1, -0.05) is 20.3 Å². The second-order valence-electron chi connectivity index (χ2n) is 3.80. The Labute approximate surface area is 57.8 Å². The summed E-state index contributed by atoms with van der Waals surface area (Å²) in [5, 5.41) is 3.44. The zero-order valence-electron chi connectivity index (χ0n) is 6.54. The van der Waals surface area contributed by atoms with Crippen LogP contribution in [0.15, 0.2) is 0 Å². The molecule has 0 bridgehead atoms. The Balaban J connectivity index is 2.36. The molecule has 0 aliphatic carbocycles. The Hall–Kier alpha value is -0.0400. The molecule has 0 radical (unpaired) electrons. The van der Waals surface area contributed by atoms with E-state index in [1.54, 1.807) is 0 Å². The first-order chi connectivity index (χ1) is 4.21. The van der Waals surface area contributed by atoms with Crippen molar-refractivity contribution in [2.45, 2.75) is 33.1 Å². The van der Waals surface area contributed by atoms with Crippen molar-refractivity contribution < 1.29 is 0 Å². The molecule has 1 fully saturated rings. The normalized spacial score (nSPS) is 27.3. The number of hydrogen-bond donors (Lipinski definition) is 1. The summed E-state index contributed by atoms with van der Waals surface area (Å²) in [5.74, 6) is 0. The van der Waals surface area contributed by atoms with Crippen molar-refractivity contribution in [1.29, 1.82) is 0 Å². The molecule has 0 amide bonds. The van der Waals surface area contributed by atoms with Crippen LogP contribution in [0.3, 0.4) is 0 Å². The van der Waals surface area contributed by atoms with E-state index in [9.17, 15) is 0 Å². The highest BCUT2D eigenvalue weighted by Gasteiger charge is 2.18. The van der Waals surface area contributed by atoms with Gasteiger partial charge in [0.15, 0.2) is 0 Å². The summed E-state index contributed by atoms with van der Waals surface area (Å²) < 4.78 is 0. The van der Waals surface area contributed by atoms with Crippen molar-refractivity contribution in [3.05, 3.63) is 0 Å². The Morgan fingerprint density at radius 3 is 2.78 bits per heavy atom. The molecule has 0 unspecified atom stereocenters. The molecule has 54 valence electrons. The summed E-state index contributed by atoms with van der Waals surface area (Å²) in [6.45, 7) is 7.10. The van der Waals surface area contributed by atoms with Gasteiger partial charge in [-0.25, -0.2) is 0 Å². The van der Waals surface area contributed by atoms with E-state index in [0.717, 1.165) is 0 Å².